The lowest BCUT2D eigenvalue weighted by Gasteiger charge is -2.33. The first-order valence-electron chi connectivity index (χ1n) is 19.0. The van der Waals surface area contributed by atoms with Gasteiger partial charge in [0.15, 0.2) is 0 Å². The third-order valence-corrected chi connectivity index (χ3v) is 11.7. The minimum atomic E-state index is -0.329. The third-order valence-electron chi connectivity index (χ3n) is 11.7. The van der Waals surface area contributed by atoms with E-state index in [9.17, 15) is 0 Å². The molecule has 0 N–H and O–H groups in total. The predicted octanol–water partition coefficient (Wildman–Crippen LogP) is 10.5. The molecule has 6 nitrogen and oxygen atoms in total. The highest BCUT2D eigenvalue weighted by Crippen LogP contribution is 2.44. The van der Waals surface area contributed by atoms with Crippen LogP contribution in [0, 0.1) is 0 Å². The van der Waals surface area contributed by atoms with Gasteiger partial charge in [0.05, 0.1) is 44.5 Å². The Balaban J connectivity index is 1.03. The van der Waals surface area contributed by atoms with E-state index < -0.39 is 0 Å². The zero-order valence-corrected chi connectivity index (χ0v) is 29.9. The Morgan fingerprint density at radius 3 is 1.95 bits per heavy atom. The second-order valence-electron chi connectivity index (χ2n) is 14.7. The van der Waals surface area contributed by atoms with Crippen molar-refractivity contribution in [3.05, 3.63) is 176 Å². The Bertz CT molecular complexity index is 3410. The van der Waals surface area contributed by atoms with Gasteiger partial charge in [0.25, 0.3) is 0 Å². The third kappa shape index (κ3) is 3.98. The normalized spacial score (nSPS) is 12.9. The van der Waals surface area contributed by atoms with Crippen LogP contribution in [0.15, 0.2) is 176 Å². The van der Waals surface area contributed by atoms with Crippen LogP contribution in [0.3, 0.4) is 0 Å². The number of hydrogen-bond acceptors (Lipinski definition) is 3. The van der Waals surface area contributed by atoms with Gasteiger partial charge in [-0.1, -0.05) is 103 Å². The van der Waals surface area contributed by atoms with Crippen LogP contribution in [-0.4, -0.2) is 25.4 Å². The quantitative estimate of drug-likeness (QED) is 0.171. The van der Waals surface area contributed by atoms with Crippen LogP contribution in [0.5, 0.6) is 17.2 Å². The molecule has 260 valence electrons. The molecule has 2 aliphatic rings. The van der Waals surface area contributed by atoms with Gasteiger partial charge in [0.1, 0.15) is 17.2 Å². The zero-order valence-electron chi connectivity index (χ0n) is 29.9. The summed E-state index contributed by atoms with van der Waals surface area (Å²) in [7, 11) is 0. The van der Waals surface area contributed by atoms with Crippen molar-refractivity contribution < 1.29 is 9.39 Å². The number of rotatable bonds is 3. The molecule has 0 unspecified atom stereocenters. The summed E-state index contributed by atoms with van der Waals surface area (Å²) in [5, 5.41) is 2.47. The molecule has 0 aliphatic carbocycles. The molecule has 0 radical (unpaired) electrons. The van der Waals surface area contributed by atoms with Crippen molar-refractivity contribution >= 4 is 67.5 Å². The molecule has 13 rings (SSSR count). The van der Waals surface area contributed by atoms with E-state index in [0.29, 0.717) is 0 Å². The molecule has 3 aromatic heterocycles. The summed E-state index contributed by atoms with van der Waals surface area (Å²) in [5.41, 5.74) is 15.1. The maximum Gasteiger partial charge on any atom is 0.434 e. The van der Waals surface area contributed by atoms with Crippen LogP contribution in [0.4, 0.5) is 0 Å². The number of nitrogens with zero attached hydrogens (tertiary/aromatic N) is 4. The highest BCUT2D eigenvalue weighted by Gasteiger charge is 2.41. The lowest BCUT2D eigenvalue weighted by atomic mass is 9.50. The summed E-state index contributed by atoms with van der Waals surface area (Å²) in [5.74, 6) is 3.29. The Morgan fingerprint density at radius 1 is 0.464 bits per heavy atom. The van der Waals surface area contributed by atoms with Gasteiger partial charge in [-0.3, -0.25) is 8.97 Å². The van der Waals surface area contributed by atoms with E-state index in [2.05, 4.69) is 177 Å². The number of ether oxygens (including phenoxy) is 1. The maximum absolute atomic E-state index is 7.07. The van der Waals surface area contributed by atoms with Gasteiger partial charge in [0.2, 0.25) is 5.78 Å². The Labute approximate surface area is 321 Å². The number of benzene rings is 8. The minimum absolute atomic E-state index is 0.329. The van der Waals surface area contributed by atoms with Crippen LogP contribution in [0.25, 0.3) is 83.3 Å². The summed E-state index contributed by atoms with van der Waals surface area (Å²) in [4.78, 5) is 5.12. The van der Waals surface area contributed by atoms with E-state index in [1.807, 2.05) is 12.1 Å². The van der Waals surface area contributed by atoms with Crippen LogP contribution in [0.2, 0.25) is 0 Å². The molecular weight excluding hydrogens is 687 g/mol. The largest absolute Gasteiger partial charge is 0.551 e. The second-order valence-corrected chi connectivity index (χ2v) is 14.7. The van der Waals surface area contributed by atoms with Crippen molar-refractivity contribution in [2.45, 2.75) is 0 Å². The van der Waals surface area contributed by atoms with E-state index in [-0.39, 0.29) is 6.92 Å². The van der Waals surface area contributed by atoms with Crippen LogP contribution < -0.4 is 20.3 Å². The molecule has 0 atom stereocenters. The number of hydrogen-bond donors (Lipinski definition) is 0. The fourth-order valence-electron chi connectivity index (χ4n) is 9.34. The van der Waals surface area contributed by atoms with Crippen molar-refractivity contribution in [1.82, 2.24) is 18.5 Å². The highest BCUT2D eigenvalue weighted by atomic mass is 16.5. The molecular formula is C49H29BN4O2. The maximum atomic E-state index is 7.07. The van der Waals surface area contributed by atoms with Crippen molar-refractivity contribution in [1.29, 1.82) is 0 Å². The molecule has 5 heterocycles. The summed E-state index contributed by atoms with van der Waals surface area (Å²) in [6, 6.07) is 62.2. The van der Waals surface area contributed by atoms with Crippen molar-refractivity contribution in [3.8, 4) is 50.9 Å². The van der Waals surface area contributed by atoms with E-state index in [1.165, 1.54) is 21.8 Å². The highest BCUT2D eigenvalue weighted by molar-refractivity contribution is 6.84. The van der Waals surface area contributed by atoms with Crippen molar-refractivity contribution in [3.63, 3.8) is 0 Å². The molecule has 0 amide bonds. The molecule has 0 fully saturated rings. The first-order chi connectivity index (χ1) is 27.8. The molecule has 11 aromatic rings. The first kappa shape index (κ1) is 29.9. The predicted molar refractivity (Wildman–Crippen MR) is 227 cm³/mol. The average molecular weight is 717 g/mol. The van der Waals surface area contributed by atoms with Gasteiger partial charge >= 0.3 is 6.92 Å². The fourth-order valence-corrected chi connectivity index (χ4v) is 9.34. The van der Waals surface area contributed by atoms with Gasteiger partial charge in [-0.25, -0.2) is 4.98 Å². The molecule has 8 aromatic carbocycles. The Hall–Kier alpha value is -7.51. The summed E-state index contributed by atoms with van der Waals surface area (Å²) in [6.45, 7) is -0.329. The Kier molecular flexibility index (Phi) is 5.89. The topological polar surface area (TPSA) is 45.6 Å². The molecule has 0 bridgehead atoms. The lowest BCUT2D eigenvalue weighted by Crippen LogP contribution is -2.53. The smallest absolute Gasteiger partial charge is 0.434 e. The monoisotopic (exact) mass is 716 g/mol. The van der Waals surface area contributed by atoms with Crippen molar-refractivity contribution in [2.24, 2.45) is 0 Å². The fraction of sp³-hybridized carbons (Fsp3) is 0. The van der Waals surface area contributed by atoms with Gasteiger partial charge < -0.3 is 14.0 Å². The number of imidazole rings is 2. The average Bonchev–Trinajstić information content (AvgIpc) is 3.90. The summed E-state index contributed by atoms with van der Waals surface area (Å²) < 4.78 is 20.8. The lowest BCUT2D eigenvalue weighted by molar-refractivity contribution is 0.479. The van der Waals surface area contributed by atoms with E-state index in [0.717, 1.165) is 89.6 Å². The van der Waals surface area contributed by atoms with Gasteiger partial charge in [-0.15, -0.1) is 0 Å². The van der Waals surface area contributed by atoms with E-state index >= 15 is 0 Å². The van der Waals surface area contributed by atoms with E-state index in [1.54, 1.807) is 0 Å². The molecule has 7 heteroatoms. The number of fused-ring (bicyclic) bond motifs is 12. The number of para-hydroxylation sites is 8. The standard InChI is InChI=1S/C49H29BN4O2/c1-6-18-39(53-40-19-7-2-14-33(40)34-15-3-8-20-41(34)53)32(13-1)30-27-36-35-16-4-12-24-45(35)56-50-37-26-25-31(29-46(37)55-47(28-30)48(36)50)52-43-22-10-11-23-44(43)54-42-21-9-5-17-38(42)51-49(52)54/h1-29H. The molecule has 56 heavy (non-hydrogen) atoms. The molecule has 0 spiro atoms. The summed E-state index contributed by atoms with van der Waals surface area (Å²) in [6.07, 6.45) is 0. The van der Waals surface area contributed by atoms with Crippen LogP contribution >= 0.6 is 0 Å². The second kappa shape index (κ2) is 11.0. The first-order valence-corrected chi connectivity index (χ1v) is 19.0. The number of aromatic nitrogens is 4. The van der Waals surface area contributed by atoms with Gasteiger partial charge in [0, 0.05) is 38.9 Å². The molecule has 0 saturated heterocycles. The molecule has 0 saturated carbocycles. The Morgan fingerprint density at radius 2 is 1.12 bits per heavy atom. The summed E-state index contributed by atoms with van der Waals surface area (Å²) >= 11 is 0. The minimum Gasteiger partial charge on any atom is -0.551 e. The van der Waals surface area contributed by atoms with Crippen LogP contribution in [0.1, 0.15) is 0 Å². The van der Waals surface area contributed by atoms with E-state index in [4.69, 9.17) is 14.4 Å². The van der Waals surface area contributed by atoms with Gasteiger partial charge in [-0.2, -0.15) is 0 Å². The zero-order chi connectivity index (χ0) is 36.5. The molecule has 2 aliphatic heterocycles. The SMILES string of the molecule is c1ccc2c(c1)OB1c3ccc(-n4c5ccccc5n5c6ccccc6nc45)cc3Oc3cc(-c4ccccc4-n4c5ccccc5c5ccccc54)cc-2c31. The van der Waals surface area contributed by atoms with Gasteiger partial charge in [-0.05, 0) is 77.9 Å². The van der Waals surface area contributed by atoms with Crippen molar-refractivity contribution in [2.75, 3.05) is 0 Å². The van der Waals surface area contributed by atoms with Crippen LogP contribution in [-0.2, 0) is 0 Å².